The van der Waals surface area contributed by atoms with Crippen LogP contribution in [0.2, 0.25) is 0 Å². The average molecular weight is 224 g/mol. The maximum absolute atomic E-state index is 5.97. The van der Waals surface area contributed by atoms with E-state index in [-0.39, 0.29) is 0 Å². The summed E-state index contributed by atoms with van der Waals surface area (Å²) in [6.45, 7) is 6.09. The second-order valence-electron chi connectivity index (χ2n) is 5.97. The maximum Gasteiger partial charge on any atom is 0.00961 e. The van der Waals surface area contributed by atoms with E-state index in [1.165, 1.54) is 51.5 Å². The van der Waals surface area contributed by atoms with Crippen LogP contribution in [0.1, 0.15) is 58.8 Å². The van der Waals surface area contributed by atoms with Crippen LogP contribution >= 0.6 is 0 Å². The van der Waals surface area contributed by atoms with Crippen molar-refractivity contribution >= 4 is 0 Å². The molecule has 1 saturated carbocycles. The first-order chi connectivity index (χ1) is 7.70. The highest BCUT2D eigenvalue weighted by Gasteiger charge is 2.31. The molecule has 1 aliphatic carbocycles. The Morgan fingerprint density at radius 2 is 1.75 bits per heavy atom. The van der Waals surface area contributed by atoms with E-state index >= 15 is 0 Å². The van der Waals surface area contributed by atoms with Gasteiger partial charge >= 0.3 is 0 Å². The van der Waals surface area contributed by atoms with Gasteiger partial charge in [-0.2, -0.15) is 0 Å². The van der Waals surface area contributed by atoms with Crippen molar-refractivity contribution in [3.63, 3.8) is 0 Å². The molecule has 2 atom stereocenters. The van der Waals surface area contributed by atoms with Crippen molar-refractivity contribution in [1.29, 1.82) is 0 Å². The number of hydrogen-bond acceptors (Lipinski definition) is 2. The van der Waals surface area contributed by atoms with Gasteiger partial charge in [0.1, 0.15) is 0 Å². The predicted octanol–water partition coefficient (Wildman–Crippen LogP) is 2.77. The Balaban J connectivity index is 1.83. The summed E-state index contributed by atoms with van der Waals surface area (Å²) < 4.78 is 0. The minimum absolute atomic E-state index is 0.495. The zero-order valence-electron chi connectivity index (χ0n) is 11.0. The molecule has 16 heavy (non-hydrogen) atoms. The fourth-order valence-electron chi connectivity index (χ4n) is 3.56. The lowest BCUT2D eigenvalue weighted by Gasteiger charge is -2.34. The summed E-state index contributed by atoms with van der Waals surface area (Å²) in [5.74, 6) is 0.925. The van der Waals surface area contributed by atoms with E-state index in [1.807, 2.05) is 0 Å². The van der Waals surface area contributed by atoms with Crippen LogP contribution in [-0.2, 0) is 0 Å². The molecule has 2 aliphatic rings. The van der Waals surface area contributed by atoms with Crippen LogP contribution in [0.15, 0.2) is 0 Å². The fourth-order valence-corrected chi connectivity index (χ4v) is 3.56. The third-order valence-corrected chi connectivity index (χ3v) is 4.78. The van der Waals surface area contributed by atoms with E-state index in [0.29, 0.717) is 6.04 Å². The van der Waals surface area contributed by atoms with Crippen molar-refractivity contribution in [3.05, 3.63) is 0 Å². The fraction of sp³-hybridized carbons (Fsp3) is 1.00. The monoisotopic (exact) mass is 224 g/mol. The van der Waals surface area contributed by atoms with Crippen LogP contribution < -0.4 is 5.73 Å². The Kier molecular flexibility index (Phi) is 4.26. The van der Waals surface area contributed by atoms with Crippen LogP contribution in [0.5, 0.6) is 0 Å². The summed E-state index contributed by atoms with van der Waals surface area (Å²) in [4.78, 5) is 2.78. The highest BCUT2D eigenvalue weighted by Crippen LogP contribution is 2.31. The molecule has 2 unspecified atom stereocenters. The molecule has 0 aromatic rings. The molecular weight excluding hydrogens is 196 g/mol. The summed E-state index contributed by atoms with van der Waals surface area (Å²) in [7, 11) is 0. The van der Waals surface area contributed by atoms with Gasteiger partial charge in [0.15, 0.2) is 0 Å². The maximum atomic E-state index is 5.97. The second-order valence-corrected chi connectivity index (χ2v) is 5.97. The van der Waals surface area contributed by atoms with Gasteiger partial charge in [-0.1, -0.05) is 6.92 Å². The molecule has 0 aromatic heterocycles. The van der Waals surface area contributed by atoms with Crippen molar-refractivity contribution in [1.82, 2.24) is 4.90 Å². The molecule has 0 spiro atoms. The Morgan fingerprint density at radius 1 is 1.06 bits per heavy atom. The van der Waals surface area contributed by atoms with Gasteiger partial charge < -0.3 is 5.73 Å². The Bertz CT molecular complexity index is 209. The highest BCUT2D eigenvalue weighted by molar-refractivity contribution is 4.87. The van der Waals surface area contributed by atoms with Crippen LogP contribution in [0.4, 0.5) is 0 Å². The van der Waals surface area contributed by atoms with Gasteiger partial charge in [0, 0.05) is 24.7 Å². The molecule has 2 N–H and O–H groups in total. The standard InChI is InChI=1S/C14H28N2/c1-3-14-9-4-11(2)16(14)10-12-5-7-13(15)8-6-12/h11-14H,3-10,15H2,1-2H3. The number of nitrogens with zero attached hydrogens (tertiary/aromatic N) is 1. The zero-order valence-corrected chi connectivity index (χ0v) is 11.0. The minimum atomic E-state index is 0.495. The quantitative estimate of drug-likeness (QED) is 0.798. The molecule has 2 rings (SSSR count). The van der Waals surface area contributed by atoms with Crippen molar-refractivity contribution in [2.75, 3.05) is 6.54 Å². The van der Waals surface area contributed by atoms with E-state index in [2.05, 4.69) is 18.7 Å². The Hall–Kier alpha value is -0.0800. The third kappa shape index (κ3) is 2.78. The van der Waals surface area contributed by atoms with Gasteiger partial charge in [0.25, 0.3) is 0 Å². The van der Waals surface area contributed by atoms with Crippen molar-refractivity contribution in [2.45, 2.75) is 76.9 Å². The molecule has 1 heterocycles. The third-order valence-electron chi connectivity index (χ3n) is 4.78. The summed E-state index contributed by atoms with van der Waals surface area (Å²) in [6.07, 6.45) is 9.39. The minimum Gasteiger partial charge on any atom is -0.328 e. The van der Waals surface area contributed by atoms with Crippen molar-refractivity contribution < 1.29 is 0 Å². The number of nitrogens with two attached hydrogens (primary N) is 1. The highest BCUT2D eigenvalue weighted by atomic mass is 15.2. The van der Waals surface area contributed by atoms with E-state index < -0.39 is 0 Å². The molecule has 2 heteroatoms. The molecule has 2 nitrogen and oxygen atoms in total. The van der Waals surface area contributed by atoms with E-state index in [1.54, 1.807) is 0 Å². The summed E-state index contributed by atoms with van der Waals surface area (Å²) >= 11 is 0. The van der Waals surface area contributed by atoms with Gasteiger partial charge in [-0.05, 0) is 57.8 Å². The van der Waals surface area contributed by atoms with E-state index in [4.69, 9.17) is 5.73 Å². The van der Waals surface area contributed by atoms with Crippen LogP contribution in [0.3, 0.4) is 0 Å². The molecule has 2 fully saturated rings. The molecule has 0 radical (unpaired) electrons. The Morgan fingerprint density at radius 3 is 2.38 bits per heavy atom. The topological polar surface area (TPSA) is 29.3 Å². The molecule has 0 aromatic carbocycles. The van der Waals surface area contributed by atoms with Crippen LogP contribution in [0.25, 0.3) is 0 Å². The van der Waals surface area contributed by atoms with Gasteiger partial charge in [-0.15, -0.1) is 0 Å². The zero-order chi connectivity index (χ0) is 11.5. The molecular formula is C14H28N2. The number of hydrogen-bond donors (Lipinski definition) is 1. The average Bonchev–Trinajstić information content (AvgIpc) is 2.63. The van der Waals surface area contributed by atoms with E-state index in [0.717, 1.165) is 18.0 Å². The summed E-state index contributed by atoms with van der Waals surface area (Å²) in [5.41, 5.74) is 5.97. The molecule has 1 aliphatic heterocycles. The summed E-state index contributed by atoms with van der Waals surface area (Å²) in [5, 5.41) is 0. The lowest BCUT2D eigenvalue weighted by atomic mass is 9.86. The van der Waals surface area contributed by atoms with Crippen molar-refractivity contribution in [2.24, 2.45) is 11.7 Å². The lowest BCUT2D eigenvalue weighted by molar-refractivity contribution is 0.145. The Labute approximate surface area is 101 Å². The van der Waals surface area contributed by atoms with Crippen molar-refractivity contribution in [3.8, 4) is 0 Å². The van der Waals surface area contributed by atoms with Crippen LogP contribution in [0, 0.1) is 5.92 Å². The van der Waals surface area contributed by atoms with Crippen LogP contribution in [-0.4, -0.2) is 29.6 Å². The summed E-state index contributed by atoms with van der Waals surface area (Å²) in [6, 6.07) is 2.18. The SMILES string of the molecule is CCC1CCC(C)N1CC1CCC(N)CC1. The van der Waals surface area contributed by atoms with E-state index in [9.17, 15) is 0 Å². The van der Waals surface area contributed by atoms with Gasteiger partial charge in [-0.25, -0.2) is 0 Å². The second kappa shape index (κ2) is 5.50. The number of rotatable bonds is 3. The van der Waals surface area contributed by atoms with Gasteiger partial charge in [0.2, 0.25) is 0 Å². The smallest absolute Gasteiger partial charge is 0.00961 e. The van der Waals surface area contributed by atoms with Gasteiger partial charge in [-0.3, -0.25) is 4.90 Å². The molecule has 1 saturated heterocycles. The first-order valence-corrected chi connectivity index (χ1v) is 7.22. The largest absolute Gasteiger partial charge is 0.328 e. The van der Waals surface area contributed by atoms with Gasteiger partial charge in [0.05, 0.1) is 0 Å². The molecule has 94 valence electrons. The first kappa shape index (κ1) is 12.4. The predicted molar refractivity (Wildman–Crippen MR) is 69.4 cm³/mol. The lowest BCUT2D eigenvalue weighted by Crippen LogP contribution is -2.40. The first-order valence-electron chi connectivity index (χ1n) is 7.22. The number of likely N-dealkylation sites (tertiary alicyclic amines) is 1. The normalized spacial score (nSPS) is 41.4. The molecule has 0 bridgehead atoms. The molecule has 0 amide bonds.